The van der Waals surface area contributed by atoms with Crippen LogP contribution >= 0.6 is 0 Å². The molecule has 1 aliphatic carbocycles. The second kappa shape index (κ2) is 12.7. The zero-order chi connectivity index (χ0) is 38.2. The van der Waals surface area contributed by atoms with Gasteiger partial charge in [0.15, 0.2) is 0 Å². The first-order valence-electron chi connectivity index (χ1n) is 19.8. The van der Waals surface area contributed by atoms with Gasteiger partial charge in [-0.05, 0) is 105 Å². The third-order valence-corrected chi connectivity index (χ3v) is 12.1. The first-order chi connectivity index (χ1) is 28.8. The summed E-state index contributed by atoms with van der Waals surface area (Å²) >= 11 is 0. The van der Waals surface area contributed by atoms with Gasteiger partial charge in [0, 0.05) is 33.2 Å². The highest BCUT2D eigenvalue weighted by molar-refractivity contribution is 6.24. The fourth-order valence-corrected chi connectivity index (χ4v) is 9.73. The average Bonchev–Trinajstić information content (AvgIpc) is 3.96. The molecule has 0 saturated carbocycles. The number of nitrogens with zero attached hydrogens (tertiary/aromatic N) is 1. The quantitative estimate of drug-likeness (QED) is 0.170. The molecule has 0 N–H and O–H groups in total. The summed E-state index contributed by atoms with van der Waals surface area (Å²) in [6.07, 6.45) is 0. The largest absolute Gasteiger partial charge is 0.456 e. The molecule has 0 fully saturated rings. The minimum atomic E-state index is -0.505. The maximum absolute atomic E-state index is 6.57. The number of benzene rings is 9. The first kappa shape index (κ1) is 32.6. The Labute approximate surface area is 335 Å². The molecule has 0 bridgehead atoms. The Bertz CT molecular complexity index is 3300. The van der Waals surface area contributed by atoms with Crippen LogP contribution in [0.5, 0.6) is 0 Å². The molecule has 12 rings (SSSR count). The monoisotopic (exact) mass is 741 g/mol. The summed E-state index contributed by atoms with van der Waals surface area (Å²) in [5.41, 5.74) is 15.9. The van der Waals surface area contributed by atoms with Crippen LogP contribution in [0.1, 0.15) is 22.3 Å². The van der Waals surface area contributed by atoms with Gasteiger partial charge in [0.1, 0.15) is 22.3 Å². The van der Waals surface area contributed by atoms with Crippen LogP contribution in [-0.2, 0) is 5.41 Å². The van der Waals surface area contributed by atoms with E-state index in [1.807, 2.05) is 12.1 Å². The van der Waals surface area contributed by atoms with E-state index in [-0.39, 0.29) is 0 Å². The van der Waals surface area contributed by atoms with E-state index in [1.165, 1.54) is 33.4 Å². The van der Waals surface area contributed by atoms with Crippen LogP contribution in [0.2, 0.25) is 0 Å². The molecule has 1 aliphatic rings. The molecule has 58 heavy (non-hydrogen) atoms. The lowest BCUT2D eigenvalue weighted by atomic mass is 9.67. The molecule has 2 heterocycles. The lowest BCUT2D eigenvalue weighted by Gasteiger charge is -2.35. The number of fused-ring (bicyclic) bond motifs is 10. The Morgan fingerprint density at radius 2 is 0.948 bits per heavy atom. The predicted molar refractivity (Wildman–Crippen MR) is 238 cm³/mol. The molecule has 0 amide bonds. The third-order valence-electron chi connectivity index (χ3n) is 12.1. The van der Waals surface area contributed by atoms with Crippen LogP contribution in [0.15, 0.2) is 221 Å². The average molecular weight is 742 g/mol. The van der Waals surface area contributed by atoms with Gasteiger partial charge in [-0.15, -0.1) is 0 Å². The Balaban J connectivity index is 1.08. The number of rotatable bonds is 6. The van der Waals surface area contributed by atoms with Gasteiger partial charge in [-0.1, -0.05) is 152 Å². The van der Waals surface area contributed by atoms with E-state index in [0.29, 0.717) is 0 Å². The topological polar surface area (TPSA) is 29.5 Å². The fourth-order valence-electron chi connectivity index (χ4n) is 9.73. The van der Waals surface area contributed by atoms with E-state index >= 15 is 0 Å². The molecule has 0 aliphatic heterocycles. The SMILES string of the molecule is c1ccc(N(c2cccc(-c3cccc4oc5ccc6c7ccccc7oc6c5c34)c2)c2ccc3c(c2)C(c2ccccc2)(c2ccccc2)c2ccccc2-3)cc1. The zero-order valence-corrected chi connectivity index (χ0v) is 31.5. The van der Waals surface area contributed by atoms with E-state index in [0.717, 1.165) is 72.1 Å². The van der Waals surface area contributed by atoms with Gasteiger partial charge in [-0.2, -0.15) is 0 Å². The van der Waals surface area contributed by atoms with Crippen LogP contribution in [0.25, 0.3) is 66.1 Å². The standard InChI is InChI=1S/C55H35NO2/c1-4-17-37(18-5-1)55(38-19-6-2-7-20-38)47-27-12-10-24-43(47)44-31-30-41(35-48(44)55)56(39-21-8-3-9-22-39)40-23-14-16-36(34-40)42-26-15-29-50-52(42)53-51(57-50)33-32-46-45-25-11-13-28-49(45)58-54(46)53/h1-35H. The summed E-state index contributed by atoms with van der Waals surface area (Å²) in [4.78, 5) is 2.39. The Morgan fingerprint density at radius 3 is 1.76 bits per heavy atom. The zero-order valence-electron chi connectivity index (χ0n) is 31.5. The number of anilines is 3. The summed E-state index contributed by atoms with van der Waals surface area (Å²) in [7, 11) is 0. The maximum atomic E-state index is 6.57. The fraction of sp³-hybridized carbons (Fsp3) is 0.0182. The van der Waals surface area contributed by atoms with Crippen molar-refractivity contribution in [2.45, 2.75) is 5.41 Å². The summed E-state index contributed by atoms with van der Waals surface area (Å²) in [5, 5.41) is 4.25. The van der Waals surface area contributed by atoms with Gasteiger partial charge in [0.25, 0.3) is 0 Å². The van der Waals surface area contributed by atoms with Gasteiger partial charge >= 0.3 is 0 Å². The van der Waals surface area contributed by atoms with Crippen molar-refractivity contribution in [2.75, 3.05) is 4.90 Å². The molecule has 9 aromatic carbocycles. The van der Waals surface area contributed by atoms with Crippen molar-refractivity contribution in [3.63, 3.8) is 0 Å². The molecule has 272 valence electrons. The normalized spacial score (nSPS) is 13.0. The highest BCUT2D eigenvalue weighted by atomic mass is 16.3. The van der Waals surface area contributed by atoms with Crippen molar-refractivity contribution in [3.8, 4) is 22.3 Å². The molecule has 0 spiro atoms. The maximum Gasteiger partial charge on any atom is 0.147 e. The molecule has 3 heteroatoms. The van der Waals surface area contributed by atoms with Crippen molar-refractivity contribution in [2.24, 2.45) is 0 Å². The minimum absolute atomic E-state index is 0.505. The summed E-state index contributed by atoms with van der Waals surface area (Å²) in [6, 6.07) is 76.3. The second-order valence-corrected chi connectivity index (χ2v) is 15.2. The highest BCUT2D eigenvalue weighted by Crippen LogP contribution is 2.57. The van der Waals surface area contributed by atoms with E-state index in [9.17, 15) is 0 Å². The molecular weight excluding hydrogens is 707 g/mol. The van der Waals surface area contributed by atoms with Crippen molar-refractivity contribution in [3.05, 3.63) is 235 Å². The molecule has 11 aromatic rings. The van der Waals surface area contributed by atoms with Gasteiger partial charge in [-0.25, -0.2) is 0 Å². The highest BCUT2D eigenvalue weighted by Gasteiger charge is 2.46. The molecule has 0 unspecified atom stereocenters. The van der Waals surface area contributed by atoms with Crippen LogP contribution in [0.3, 0.4) is 0 Å². The van der Waals surface area contributed by atoms with Crippen molar-refractivity contribution < 1.29 is 8.83 Å². The van der Waals surface area contributed by atoms with Gasteiger partial charge in [0.05, 0.1) is 10.8 Å². The molecule has 0 radical (unpaired) electrons. The van der Waals surface area contributed by atoms with E-state index in [2.05, 4.69) is 205 Å². The summed E-state index contributed by atoms with van der Waals surface area (Å²) < 4.78 is 13.1. The third kappa shape index (κ3) is 4.68. The van der Waals surface area contributed by atoms with Crippen LogP contribution in [-0.4, -0.2) is 0 Å². The van der Waals surface area contributed by atoms with Crippen LogP contribution in [0, 0.1) is 0 Å². The minimum Gasteiger partial charge on any atom is -0.456 e. The van der Waals surface area contributed by atoms with Crippen LogP contribution < -0.4 is 4.90 Å². The van der Waals surface area contributed by atoms with Crippen LogP contribution in [0.4, 0.5) is 17.1 Å². The number of furan rings is 2. The molecule has 3 nitrogen and oxygen atoms in total. The lowest BCUT2D eigenvalue weighted by Crippen LogP contribution is -2.28. The van der Waals surface area contributed by atoms with E-state index in [4.69, 9.17) is 8.83 Å². The van der Waals surface area contributed by atoms with E-state index in [1.54, 1.807) is 0 Å². The summed E-state index contributed by atoms with van der Waals surface area (Å²) in [6.45, 7) is 0. The predicted octanol–water partition coefficient (Wildman–Crippen LogP) is 15.0. The first-order valence-corrected chi connectivity index (χ1v) is 19.8. The molecule has 0 saturated heterocycles. The molecule has 2 aromatic heterocycles. The Kier molecular flexibility index (Phi) is 7.14. The number of hydrogen-bond acceptors (Lipinski definition) is 3. The van der Waals surface area contributed by atoms with E-state index < -0.39 is 5.41 Å². The lowest BCUT2D eigenvalue weighted by molar-refractivity contribution is 0.663. The summed E-state index contributed by atoms with van der Waals surface area (Å²) in [5.74, 6) is 0. The molecule has 0 atom stereocenters. The Morgan fingerprint density at radius 1 is 0.345 bits per heavy atom. The number of para-hydroxylation sites is 2. The second-order valence-electron chi connectivity index (χ2n) is 15.2. The smallest absolute Gasteiger partial charge is 0.147 e. The number of hydrogen-bond donors (Lipinski definition) is 0. The Hall–Kier alpha value is -7.62. The van der Waals surface area contributed by atoms with Gasteiger partial charge < -0.3 is 13.7 Å². The van der Waals surface area contributed by atoms with Gasteiger partial charge in [0.2, 0.25) is 0 Å². The van der Waals surface area contributed by atoms with Gasteiger partial charge in [-0.3, -0.25) is 0 Å². The van der Waals surface area contributed by atoms with Crippen molar-refractivity contribution in [1.29, 1.82) is 0 Å². The molecular formula is C55H35NO2. The van der Waals surface area contributed by atoms with Crippen molar-refractivity contribution >= 4 is 60.9 Å². The van der Waals surface area contributed by atoms with Crippen molar-refractivity contribution in [1.82, 2.24) is 0 Å².